The Labute approximate surface area is 151 Å². The Morgan fingerprint density at radius 2 is 1.96 bits per heavy atom. The fourth-order valence-corrected chi connectivity index (χ4v) is 2.62. The van der Waals surface area contributed by atoms with Gasteiger partial charge < -0.3 is 9.72 Å². The van der Waals surface area contributed by atoms with Gasteiger partial charge in [-0.2, -0.15) is 0 Å². The Kier molecular flexibility index (Phi) is 6.64. The van der Waals surface area contributed by atoms with E-state index in [2.05, 4.69) is 4.98 Å². The van der Waals surface area contributed by atoms with Gasteiger partial charge in [-0.05, 0) is 42.3 Å². The Morgan fingerprint density at radius 1 is 1.24 bits per heavy atom. The summed E-state index contributed by atoms with van der Waals surface area (Å²) in [5.41, 5.74) is 2.59. The molecule has 0 saturated heterocycles. The molecule has 0 bridgehead atoms. The second-order valence-corrected chi connectivity index (χ2v) is 5.57. The number of nitrogens with one attached hydrogen (secondary N) is 1. The molecular weight excluding hydrogens is 344 g/mol. The van der Waals surface area contributed by atoms with Crippen molar-refractivity contribution in [2.45, 2.75) is 13.3 Å². The second kappa shape index (κ2) is 8.71. The molecule has 2 aromatic rings. The van der Waals surface area contributed by atoms with Crippen LogP contribution in [0.25, 0.3) is 17.0 Å². The van der Waals surface area contributed by atoms with Gasteiger partial charge in [0.25, 0.3) is 0 Å². The number of carbonyl (C=O) groups excluding carboxylic acids is 1. The molecule has 7 heteroatoms. The standard InChI is InChI=1S/C18H21ClN2O4/c1-5-12(17(23-2)18(22)21(24-3)25-4)6-8-15-11-13-10-14(19)7-9-16(13)20-15/h6-11,20H,5H2,1-4H3/b8-6+,17-12-. The number of aromatic amines is 1. The fourth-order valence-electron chi connectivity index (χ4n) is 2.44. The summed E-state index contributed by atoms with van der Waals surface area (Å²) in [6, 6.07) is 7.62. The molecule has 1 amide bonds. The van der Waals surface area contributed by atoms with Gasteiger partial charge in [0.2, 0.25) is 0 Å². The maximum absolute atomic E-state index is 12.4. The summed E-state index contributed by atoms with van der Waals surface area (Å²) >= 11 is 6.01. The van der Waals surface area contributed by atoms with Gasteiger partial charge in [0.05, 0.1) is 21.3 Å². The zero-order chi connectivity index (χ0) is 18.4. The van der Waals surface area contributed by atoms with E-state index in [4.69, 9.17) is 26.0 Å². The molecule has 0 spiro atoms. The molecule has 0 aliphatic carbocycles. The van der Waals surface area contributed by atoms with Crippen LogP contribution in [0.1, 0.15) is 19.0 Å². The van der Waals surface area contributed by atoms with Gasteiger partial charge in [0, 0.05) is 21.6 Å². The monoisotopic (exact) mass is 364 g/mol. The average Bonchev–Trinajstić information content (AvgIpc) is 3.01. The van der Waals surface area contributed by atoms with Crippen LogP contribution in [0.4, 0.5) is 0 Å². The predicted molar refractivity (Wildman–Crippen MR) is 97.5 cm³/mol. The number of hydrogen-bond donors (Lipinski definition) is 1. The summed E-state index contributed by atoms with van der Waals surface area (Å²) in [5, 5.41) is 2.46. The van der Waals surface area contributed by atoms with E-state index in [0.29, 0.717) is 17.0 Å². The molecule has 0 aliphatic rings. The van der Waals surface area contributed by atoms with Crippen molar-refractivity contribution < 1.29 is 19.2 Å². The molecule has 1 aromatic carbocycles. The number of allylic oxidation sites excluding steroid dienone is 2. The van der Waals surface area contributed by atoms with Crippen LogP contribution in [0.2, 0.25) is 5.02 Å². The van der Waals surface area contributed by atoms with Crippen molar-refractivity contribution in [3.63, 3.8) is 0 Å². The Morgan fingerprint density at radius 3 is 2.56 bits per heavy atom. The van der Waals surface area contributed by atoms with Gasteiger partial charge in [-0.15, -0.1) is 0 Å². The quantitative estimate of drug-likeness (QED) is 0.348. The summed E-state index contributed by atoms with van der Waals surface area (Å²) in [4.78, 5) is 25.4. The lowest BCUT2D eigenvalue weighted by atomic mass is 10.1. The van der Waals surface area contributed by atoms with E-state index in [0.717, 1.165) is 21.8 Å². The van der Waals surface area contributed by atoms with Gasteiger partial charge in [0.15, 0.2) is 5.76 Å². The van der Waals surface area contributed by atoms with Crippen LogP contribution >= 0.6 is 11.6 Å². The zero-order valence-corrected chi connectivity index (χ0v) is 15.4. The first-order valence-electron chi connectivity index (χ1n) is 7.70. The number of nitrogens with zero attached hydrogens (tertiary/aromatic N) is 1. The molecule has 2 rings (SSSR count). The summed E-state index contributed by atoms with van der Waals surface area (Å²) in [7, 11) is 4.11. The Hall–Kier alpha value is -2.28. The molecular formula is C18H21ClN2O4. The number of ether oxygens (including phenoxy) is 1. The number of hydrogen-bond acceptors (Lipinski definition) is 4. The number of benzene rings is 1. The van der Waals surface area contributed by atoms with E-state index in [1.807, 2.05) is 43.3 Å². The highest BCUT2D eigenvalue weighted by atomic mass is 35.5. The Bertz CT molecular complexity index is 807. The van der Waals surface area contributed by atoms with Gasteiger partial charge in [0.1, 0.15) is 0 Å². The van der Waals surface area contributed by atoms with Gasteiger partial charge in [-0.3, -0.25) is 4.79 Å². The molecule has 6 nitrogen and oxygen atoms in total. The summed E-state index contributed by atoms with van der Waals surface area (Å²) in [6.45, 7) is 1.93. The third-order valence-electron chi connectivity index (χ3n) is 3.64. The van der Waals surface area contributed by atoms with Crippen LogP contribution in [0.15, 0.2) is 41.7 Å². The first kappa shape index (κ1) is 19.1. The lowest BCUT2D eigenvalue weighted by Gasteiger charge is -2.18. The Balaban J connectivity index is 2.34. The minimum absolute atomic E-state index is 0.154. The summed E-state index contributed by atoms with van der Waals surface area (Å²) in [6.07, 6.45) is 4.30. The van der Waals surface area contributed by atoms with Crippen molar-refractivity contribution in [3.05, 3.63) is 52.4 Å². The van der Waals surface area contributed by atoms with Gasteiger partial charge in [-0.25, -0.2) is 9.68 Å². The van der Waals surface area contributed by atoms with Crippen molar-refractivity contribution in [3.8, 4) is 0 Å². The smallest absolute Gasteiger partial charge is 0.338 e. The van der Waals surface area contributed by atoms with Crippen molar-refractivity contribution in [1.82, 2.24) is 10.2 Å². The molecule has 1 aromatic heterocycles. The first-order chi connectivity index (χ1) is 12.0. The number of hydroxylamine groups is 2. The van der Waals surface area contributed by atoms with E-state index < -0.39 is 5.91 Å². The van der Waals surface area contributed by atoms with Crippen LogP contribution in [0.3, 0.4) is 0 Å². The van der Waals surface area contributed by atoms with Crippen LogP contribution in [0.5, 0.6) is 0 Å². The lowest BCUT2D eigenvalue weighted by molar-refractivity contribution is -0.316. The second-order valence-electron chi connectivity index (χ2n) is 5.13. The molecule has 0 aliphatic heterocycles. The van der Waals surface area contributed by atoms with Gasteiger partial charge >= 0.3 is 5.91 Å². The number of fused-ring (bicyclic) bond motifs is 1. The number of rotatable bonds is 7. The van der Waals surface area contributed by atoms with Crippen LogP contribution in [-0.2, 0) is 19.2 Å². The summed E-state index contributed by atoms with van der Waals surface area (Å²) in [5.74, 6) is -0.362. The van der Waals surface area contributed by atoms with Crippen LogP contribution in [0, 0.1) is 0 Å². The number of halogens is 1. The number of methoxy groups -OCH3 is 1. The zero-order valence-electron chi connectivity index (χ0n) is 14.6. The minimum Gasteiger partial charge on any atom is -0.491 e. The van der Waals surface area contributed by atoms with Crippen LogP contribution in [-0.4, -0.2) is 37.4 Å². The molecule has 0 atom stereocenters. The topological polar surface area (TPSA) is 63.8 Å². The predicted octanol–water partition coefficient (Wildman–Crippen LogP) is 4.10. The van der Waals surface area contributed by atoms with Crippen molar-refractivity contribution in [2.24, 2.45) is 0 Å². The van der Waals surface area contributed by atoms with Crippen molar-refractivity contribution in [1.29, 1.82) is 0 Å². The van der Waals surface area contributed by atoms with E-state index in [-0.39, 0.29) is 5.76 Å². The highest BCUT2D eigenvalue weighted by molar-refractivity contribution is 6.31. The van der Waals surface area contributed by atoms with E-state index in [9.17, 15) is 4.79 Å². The molecule has 0 saturated carbocycles. The molecule has 25 heavy (non-hydrogen) atoms. The number of aromatic nitrogens is 1. The largest absolute Gasteiger partial charge is 0.491 e. The maximum Gasteiger partial charge on any atom is 0.338 e. The SMILES string of the molecule is CCC(/C=C/c1cc2cc(Cl)ccc2[nH]1)=C(/OC)C(=O)N(OC)OC. The van der Waals surface area contributed by atoms with Crippen molar-refractivity contribution >= 4 is 34.5 Å². The molecule has 0 radical (unpaired) electrons. The third kappa shape index (κ3) is 4.42. The number of carbonyl (C=O) groups is 1. The van der Waals surface area contributed by atoms with Crippen molar-refractivity contribution in [2.75, 3.05) is 21.3 Å². The molecule has 1 heterocycles. The third-order valence-corrected chi connectivity index (χ3v) is 3.87. The molecule has 0 fully saturated rings. The first-order valence-corrected chi connectivity index (χ1v) is 8.08. The number of H-pyrrole nitrogens is 1. The highest BCUT2D eigenvalue weighted by Crippen LogP contribution is 2.22. The van der Waals surface area contributed by atoms with E-state index in [1.54, 1.807) is 0 Å². The van der Waals surface area contributed by atoms with E-state index in [1.165, 1.54) is 21.3 Å². The molecule has 134 valence electrons. The minimum atomic E-state index is -0.516. The fraction of sp³-hybridized carbons (Fsp3) is 0.278. The molecule has 0 unspecified atom stereocenters. The highest BCUT2D eigenvalue weighted by Gasteiger charge is 2.22. The van der Waals surface area contributed by atoms with Crippen LogP contribution < -0.4 is 0 Å². The maximum atomic E-state index is 12.4. The average molecular weight is 365 g/mol. The number of amides is 1. The normalized spacial score (nSPS) is 12.5. The van der Waals surface area contributed by atoms with Gasteiger partial charge in [-0.1, -0.05) is 29.8 Å². The summed E-state index contributed by atoms with van der Waals surface area (Å²) < 4.78 is 5.26. The molecule has 1 N–H and O–H groups in total. The van der Waals surface area contributed by atoms with E-state index >= 15 is 0 Å². The lowest BCUT2D eigenvalue weighted by Crippen LogP contribution is -2.31.